The number of aryl methyl sites for hydroxylation is 4. The molecule has 0 unspecified atom stereocenters. The van der Waals surface area contributed by atoms with E-state index in [2.05, 4.69) is 4.72 Å². The second-order valence-electron chi connectivity index (χ2n) is 8.19. The molecule has 0 atom stereocenters. The number of nitrogens with zero attached hydrogens (tertiary/aromatic N) is 1. The summed E-state index contributed by atoms with van der Waals surface area (Å²) in [5, 5.41) is 0. The van der Waals surface area contributed by atoms with Crippen LogP contribution in [0.3, 0.4) is 0 Å². The van der Waals surface area contributed by atoms with Crippen molar-refractivity contribution in [1.82, 2.24) is 0 Å². The second-order valence-corrected chi connectivity index (χ2v) is 11.7. The average molecular weight is 471 g/mol. The van der Waals surface area contributed by atoms with Gasteiger partial charge in [0.1, 0.15) is 0 Å². The Morgan fingerprint density at radius 2 is 1.47 bits per heavy atom. The Bertz CT molecular complexity index is 1380. The Balaban J connectivity index is 1.70. The van der Waals surface area contributed by atoms with Gasteiger partial charge in [0.15, 0.2) is 0 Å². The molecule has 3 aromatic carbocycles. The van der Waals surface area contributed by atoms with Crippen LogP contribution >= 0.6 is 0 Å². The zero-order valence-corrected chi connectivity index (χ0v) is 19.9. The number of rotatable bonds is 5. The maximum atomic E-state index is 13.3. The molecule has 1 aliphatic heterocycles. The maximum absolute atomic E-state index is 13.3. The summed E-state index contributed by atoms with van der Waals surface area (Å²) in [5.41, 5.74) is 4.58. The molecule has 0 saturated heterocycles. The highest BCUT2D eigenvalue weighted by Crippen LogP contribution is 2.35. The number of anilines is 2. The zero-order chi connectivity index (χ0) is 23.1. The SMILES string of the molecule is Cc1ccc(S(=O)(=O)N2CCCc3ccc(NS(=O)(=O)c4ccc(C)c(C)c4)cc32)cc1. The quantitative estimate of drug-likeness (QED) is 0.593. The molecule has 32 heavy (non-hydrogen) atoms. The number of hydrogen-bond acceptors (Lipinski definition) is 4. The molecular weight excluding hydrogens is 444 g/mol. The van der Waals surface area contributed by atoms with Crippen LogP contribution < -0.4 is 9.03 Å². The van der Waals surface area contributed by atoms with Crippen LogP contribution in [0, 0.1) is 20.8 Å². The zero-order valence-electron chi connectivity index (χ0n) is 18.3. The molecule has 0 aliphatic carbocycles. The topological polar surface area (TPSA) is 83.6 Å². The van der Waals surface area contributed by atoms with E-state index in [0.29, 0.717) is 24.3 Å². The van der Waals surface area contributed by atoms with Gasteiger partial charge in [-0.05, 0) is 86.7 Å². The van der Waals surface area contributed by atoms with Crippen molar-refractivity contribution in [2.45, 2.75) is 43.4 Å². The number of sulfonamides is 2. The molecule has 0 radical (unpaired) electrons. The number of hydrogen-bond donors (Lipinski definition) is 1. The van der Waals surface area contributed by atoms with Crippen molar-refractivity contribution in [2.75, 3.05) is 15.6 Å². The molecule has 0 spiro atoms. The molecule has 0 aromatic heterocycles. The summed E-state index contributed by atoms with van der Waals surface area (Å²) in [6.45, 7) is 6.03. The van der Waals surface area contributed by atoms with E-state index in [1.807, 2.05) is 20.8 Å². The molecule has 0 saturated carbocycles. The number of nitrogens with one attached hydrogen (secondary N) is 1. The summed E-state index contributed by atoms with van der Waals surface area (Å²) in [5.74, 6) is 0. The minimum atomic E-state index is -3.81. The van der Waals surface area contributed by atoms with Gasteiger partial charge in [0.2, 0.25) is 0 Å². The predicted molar refractivity (Wildman–Crippen MR) is 127 cm³/mol. The second kappa shape index (κ2) is 8.26. The summed E-state index contributed by atoms with van der Waals surface area (Å²) < 4.78 is 56.5. The molecule has 1 aliphatic rings. The van der Waals surface area contributed by atoms with Gasteiger partial charge in [-0.3, -0.25) is 9.03 Å². The average Bonchev–Trinajstić information content (AvgIpc) is 2.75. The van der Waals surface area contributed by atoms with Crippen LogP contribution in [0.15, 0.2) is 70.5 Å². The Morgan fingerprint density at radius 3 is 2.16 bits per heavy atom. The Morgan fingerprint density at radius 1 is 0.781 bits per heavy atom. The Hall–Kier alpha value is -2.84. The number of fused-ring (bicyclic) bond motifs is 1. The maximum Gasteiger partial charge on any atom is 0.264 e. The first-order valence-corrected chi connectivity index (χ1v) is 13.3. The van der Waals surface area contributed by atoms with Crippen LogP contribution in [0.2, 0.25) is 0 Å². The van der Waals surface area contributed by atoms with E-state index in [9.17, 15) is 16.8 Å². The third-order valence-electron chi connectivity index (χ3n) is 5.81. The van der Waals surface area contributed by atoms with E-state index < -0.39 is 20.0 Å². The van der Waals surface area contributed by atoms with Gasteiger partial charge in [-0.15, -0.1) is 0 Å². The molecule has 168 valence electrons. The van der Waals surface area contributed by atoms with E-state index in [-0.39, 0.29) is 9.79 Å². The molecule has 4 rings (SSSR count). The van der Waals surface area contributed by atoms with Crippen LogP contribution in [-0.2, 0) is 26.5 Å². The van der Waals surface area contributed by atoms with Gasteiger partial charge in [0, 0.05) is 6.54 Å². The van der Waals surface area contributed by atoms with Crippen molar-refractivity contribution in [2.24, 2.45) is 0 Å². The van der Waals surface area contributed by atoms with Gasteiger partial charge < -0.3 is 0 Å². The van der Waals surface area contributed by atoms with E-state index in [1.165, 1.54) is 4.31 Å². The van der Waals surface area contributed by atoms with E-state index in [1.54, 1.807) is 60.7 Å². The lowest BCUT2D eigenvalue weighted by molar-refractivity contribution is 0.586. The van der Waals surface area contributed by atoms with Gasteiger partial charge in [0.25, 0.3) is 20.0 Å². The van der Waals surface area contributed by atoms with Gasteiger partial charge in [-0.25, -0.2) is 16.8 Å². The van der Waals surface area contributed by atoms with Gasteiger partial charge in [-0.2, -0.15) is 0 Å². The molecule has 3 aromatic rings. The smallest absolute Gasteiger partial charge is 0.264 e. The molecular formula is C24H26N2O4S2. The summed E-state index contributed by atoms with van der Waals surface area (Å²) in [4.78, 5) is 0.388. The lowest BCUT2D eigenvalue weighted by atomic mass is 10.0. The van der Waals surface area contributed by atoms with Crippen LogP contribution in [0.1, 0.15) is 28.7 Å². The molecule has 0 bridgehead atoms. The fourth-order valence-corrected chi connectivity index (χ4v) is 6.45. The fourth-order valence-electron chi connectivity index (χ4n) is 3.79. The molecule has 6 nitrogen and oxygen atoms in total. The molecule has 1 N–H and O–H groups in total. The van der Waals surface area contributed by atoms with Crippen molar-refractivity contribution >= 4 is 31.4 Å². The van der Waals surface area contributed by atoms with Gasteiger partial charge in [0.05, 0.1) is 21.2 Å². The monoisotopic (exact) mass is 470 g/mol. The highest BCUT2D eigenvalue weighted by Gasteiger charge is 2.29. The van der Waals surface area contributed by atoms with Crippen LogP contribution in [0.4, 0.5) is 11.4 Å². The van der Waals surface area contributed by atoms with Crippen molar-refractivity contribution in [1.29, 1.82) is 0 Å². The van der Waals surface area contributed by atoms with Crippen molar-refractivity contribution < 1.29 is 16.8 Å². The molecule has 0 amide bonds. The van der Waals surface area contributed by atoms with E-state index in [0.717, 1.165) is 28.7 Å². The lowest BCUT2D eigenvalue weighted by Crippen LogP contribution is -2.35. The largest absolute Gasteiger partial charge is 0.280 e. The van der Waals surface area contributed by atoms with Crippen LogP contribution in [0.5, 0.6) is 0 Å². The lowest BCUT2D eigenvalue weighted by Gasteiger charge is -2.31. The van der Waals surface area contributed by atoms with Crippen LogP contribution in [0.25, 0.3) is 0 Å². The summed E-state index contributed by atoms with van der Waals surface area (Å²) in [6.07, 6.45) is 1.44. The predicted octanol–water partition coefficient (Wildman–Crippen LogP) is 4.55. The first-order chi connectivity index (χ1) is 15.1. The highest BCUT2D eigenvalue weighted by molar-refractivity contribution is 7.93. The van der Waals surface area contributed by atoms with Gasteiger partial charge in [-0.1, -0.05) is 29.8 Å². The van der Waals surface area contributed by atoms with Crippen molar-refractivity contribution in [3.63, 3.8) is 0 Å². The van der Waals surface area contributed by atoms with Crippen LogP contribution in [-0.4, -0.2) is 23.4 Å². The summed E-state index contributed by atoms with van der Waals surface area (Å²) >= 11 is 0. The molecule has 0 fully saturated rings. The third-order valence-corrected chi connectivity index (χ3v) is 9.02. The number of benzene rings is 3. The minimum Gasteiger partial charge on any atom is -0.280 e. The minimum absolute atomic E-state index is 0.169. The van der Waals surface area contributed by atoms with Gasteiger partial charge >= 0.3 is 0 Å². The highest BCUT2D eigenvalue weighted by atomic mass is 32.2. The van der Waals surface area contributed by atoms with Crippen molar-refractivity contribution in [3.05, 3.63) is 82.9 Å². The fraction of sp³-hybridized carbons (Fsp3) is 0.250. The normalized spacial score (nSPS) is 14.2. The Labute approximate surface area is 190 Å². The van der Waals surface area contributed by atoms with E-state index in [4.69, 9.17) is 0 Å². The van der Waals surface area contributed by atoms with Crippen molar-refractivity contribution in [3.8, 4) is 0 Å². The molecule has 1 heterocycles. The third kappa shape index (κ3) is 4.25. The Kier molecular flexibility index (Phi) is 5.77. The van der Waals surface area contributed by atoms with E-state index >= 15 is 0 Å². The summed E-state index contributed by atoms with van der Waals surface area (Å²) in [7, 11) is -7.57. The standard InChI is InChI=1S/C24H26N2O4S2/c1-17-6-11-22(12-7-17)32(29,30)26-14-4-5-20-9-10-21(16-24(20)26)25-31(27,28)23-13-8-18(2)19(3)15-23/h6-13,15-16,25H,4-5,14H2,1-3H3. The first-order valence-electron chi connectivity index (χ1n) is 10.4. The first kappa shape index (κ1) is 22.4. The summed E-state index contributed by atoms with van der Waals surface area (Å²) in [6, 6.07) is 16.8. The molecule has 8 heteroatoms.